The van der Waals surface area contributed by atoms with Crippen LogP contribution in [0.4, 0.5) is 0 Å². The van der Waals surface area contributed by atoms with Crippen molar-refractivity contribution in [3.8, 4) is 0 Å². The standard InChI is InChI=1S/C10H20BrNO/c1-9(8-13-2)12-6-4-10(7-12)3-5-11/h9-10H,3-8H2,1-2H3. The van der Waals surface area contributed by atoms with Gasteiger partial charge in [0.15, 0.2) is 0 Å². The summed E-state index contributed by atoms with van der Waals surface area (Å²) in [6, 6.07) is 0.588. The predicted molar refractivity (Wildman–Crippen MR) is 59.4 cm³/mol. The fourth-order valence-corrected chi connectivity index (χ4v) is 2.65. The molecule has 1 aliphatic rings. The van der Waals surface area contributed by atoms with Crippen LogP contribution in [0.15, 0.2) is 0 Å². The van der Waals surface area contributed by atoms with Gasteiger partial charge in [-0.3, -0.25) is 4.90 Å². The molecule has 0 aliphatic carbocycles. The van der Waals surface area contributed by atoms with E-state index in [1.807, 2.05) is 0 Å². The van der Waals surface area contributed by atoms with Crippen molar-refractivity contribution in [3.63, 3.8) is 0 Å². The van der Waals surface area contributed by atoms with Crippen molar-refractivity contribution in [1.82, 2.24) is 4.90 Å². The molecule has 2 unspecified atom stereocenters. The van der Waals surface area contributed by atoms with Crippen LogP contribution in [0.1, 0.15) is 19.8 Å². The largest absolute Gasteiger partial charge is 0.383 e. The number of methoxy groups -OCH3 is 1. The summed E-state index contributed by atoms with van der Waals surface area (Å²) in [6.07, 6.45) is 2.68. The average molecular weight is 250 g/mol. The first-order valence-electron chi connectivity index (χ1n) is 5.07. The zero-order valence-electron chi connectivity index (χ0n) is 8.63. The van der Waals surface area contributed by atoms with Gasteiger partial charge >= 0.3 is 0 Å². The van der Waals surface area contributed by atoms with E-state index in [0.717, 1.165) is 17.9 Å². The van der Waals surface area contributed by atoms with Gasteiger partial charge in [0.2, 0.25) is 0 Å². The van der Waals surface area contributed by atoms with E-state index in [0.29, 0.717) is 6.04 Å². The van der Waals surface area contributed by atoms with Gasteiger partial charge in [0.25, 0.3) is 0 Å². The molecule has 2 nitrogen and oxygen atoms in total. The second-order valence-electron chi connectivity index (χ2n) is 3.93. The molecule has 0 aromatic heterocycles. The lowest BCUT2D eigenvalue weighted by molar-refractivity contribution is 0.112. The molecule has 3 heteroatoms. The summed E-state index contributed by atoms with van der Waals surface area (Å²) in [5, 5.41) is 1.14. The molecule has 0 aromatic carbocycles. The van der Waals surface area contributed by atoms with E-state index in [1.54, 1.807) is 7.11 Å². The summed E-state index contributed by atoms with van der Waals surface area (Å²) >= 11 is 3.50. The molecule has 0 saturated carbocycles. The second-order valence-corrected chi connectivity index (χ2v) is 4.72. The molecule has 0 spiro atoms. The Labute approximate surface area is 89.8 Å². The molecule has 0 aromatic rings. The summed E-state index contributed by atoms with van der Waals surface area (Å²) < 4.78 is 5.16. The molecule has 0 N–H and O–H groups in total. The minimum Gasteiger partial charge on any atom is -0.383 e. The number of hydrogen-bond donors (Lipinski definition) is 0. The lowest BCUT2D eigenvalue weighted by Crippen LogP contribution is -2.34. The van der Waals surface area contributed by atoms with Gasteiger partial charge in [-0.2, -0.15) is 0 Å². The van der Waals surface area contributed by atoms with Crippen molar-refractivity contribution >= 4 is 15.9 Å². The topological polar surface area (TPSA) is 12.5 Å². The molecule has 1 rings (SSSR count). The quantitative estimate of drug-likeness (QED) is 0.693. The van der Waals surface area contributed by atoms with Crippen LogP contribution in [-0.2, 0) is 4.74 Å². The first kappa shape index (κ1) is 11.5. The van der Waals surface area contributed by atoms with Crippen molar-refractivity contribution < 1.29 is 4.74 Å². The van der Waals surface area contributed by atoms with Crippen molar-refractivity contribution in [3.05, 3.63) is 0 Å². The summed E-state index contributed by atoms with van der Waals surface area (Å²) in [4.78, 5) is 2.54. The number of nitrogens with zero attached hydrogens (tertiary/aromatic N) is 1. The number of likely N-dealkylation sites (tertiary alicyclic amines) is 1. The molecule has 0 bridgehead atoms. The molecule has 1 saturated heterocycles. The van der Waals surface area contributed by atoms with E-state index in [9.17, 15) is 0 Å². The van der Waals surface area contributed by atoms with Crippen molar-refractivity contribution in [2.75, 3.05) is 32.1 Å². The maximum Gasteiger partial charge on any atom is 0.0615 e. The van der Waals surface area contributed by atoms with Crippen molar-refractivity contribution in [2.45, 2.75) is 25.8 Å². The fraction of sp³-hybridized carbons (Fsp3) is 1.00. The van der Waals surface area contributed by atoms with E-state index >= 15 is 0 Å². The number of ether oxygens (including phenoxy) is 1. The van der Waals surface area contributed by atoms with Crippen LogP contribution in [0, 0.1) is 5.92 Å². The van der Waals surface area contributed by atoms with Gasteiger partial charge in [-0.05, 0) is 32.2 Å². The summed E-state index contributed by atoms with van der Waals surface area (Å²) in [5.41, 5.74) is 0. The van der Waals surface area contributed by atoms with Crippen molar-refractivity contribution in [1.29, 1.82) is 0 Å². The lowest BCUT2D eigenvalue weighted by Gasteiger charge is -2.23. The zero-order valence-corrected chi connectivity index (χ0v) is 10.2. The Morgan fingerprint density at radius 2 is 2.38 bits per heavy atom. The zero-order chi connectivity index (χ0) is 9.68. The van der Waals surface area contributed by atoms with Crippen LogP contribution in [0.5, 0.6) is 0 Å². The van der Waals surface area contributed by atoms with E-state index in [-0.39, 0.29) is 0 Å². The Morgan fingerprint density at radius 3 is 3.00 bits per heavy atom. The fourth-order valence-electron chi connectivity index (χ4n) is 2.00. The van der Waals surface area contributed by atoms with E-state index in [1.165, 1.54) is 25.9 Å². The number of hydrogen-bond acceptors (Lipinski definition) is 2. The van der Waals surface area contributed by atoms with Gasteiger partial charge in [0, 0.05) is 25.0 Å². The van der Waals surface area contributed by atoms with Gasteiger partial charge in [0.05, 0.1) is 6.61 Å². The van der Waals surface area contributed by atoms with Gasteiger partial charge in [-0.25, -0.2) is 0 Å². The normalized spacial score (nSPS) is 26.5. The Morgan fingerprint density at radius 1 is 1.62 bits per heavy atom. The van der Waals surface area contributed by atoms with Crippen LogP contribution in [0.3, 0.4) is 0 Å². The highest BCUT2D eigenvalue weighted by Crippen LogP contribution is 2.22. The highest BCUT2D eigenvalue weighted by molar-refractivity contribution is 9.09. The minimum atomic E-state index is 0.588. The second kappa shape index (κ2) is 5.99. The van der Waals surface area contributed by atoms with Crippen LogP contribution in [0.25, 0.3) is 0 Å². The lowest BCUT2D eigenvalue weighted by atomic mass is 10.1. The molecule has 0 radical (unpaired) electrons. The smallest absolute Gasteiger partial charge is 0.0615 e. The van der Waals surface area contributed by atoms with E-state index < -0.39 is 0 Å². The minimum absolute atomic E-state index is 0.588. The molecule has 2 atom stereocenters. The van der Waals surface area contributed by atoms with Crippen LogP contribution in [-0.4, -0.2) is 43.1 Å². The van der Waals surface area contributed by atoms with Gasteiger partial charge in [0.1, 0.15) is 0 Å². The van der Waals surface area contributed by atoms with Crippen LogP contribution >= 0.6 is 15.9 Å². The third-order valence-corrected chi connectivity index (χ3v) is 3.32. The maximum absolute atomic E-state index is 5.16. The monoisotopic (exact) mass is 249 g/mol. The summed E-state index contributed by atoms with van der Waals surface area (Å²) in [6.45, 7) is 5.62. The van der Waals surface area contributed by atoms with E-state index in [4.69, 9.17) is 4.74 Å². The van der Waals surface area contributed by atoms with Crippen molar-refractivity contribution in [2.24, 2.45) is 5.92 Å². The Kier molecular flexibility index (Phi) is 5.29. The van der Waals surface area contributed by atoms with Crippen LogP contribution < -0.4 is 0 Å². The number of halogens is 1. The van der Waals surface area contributed by atoms with Gasteiger partial charge < -0.3 is 4.74 Å². The maximum atomic E-state index is 5.16. The number of rotatable bonds is 5. The Balaban J connectivity index is 2.23. The number of alkyl halides is 1. The van der Waals surface area contributed by atoms with Gasteiger partial charge in [-0.15, -0.1) is 0 Å². The van der Waals surface area contributed by atoms with Gasteiger partial charge in [-0.1, -0.05) is 15.9 Å². The summed E-state index contributed by atoms with van der Waals surface area (Å²) in [7, 11) is 1.78. The molecule has 0 amide bonds. The highest BCUT2D eigenvalue weighted by atomic mass is 79.9. The highest BCUT2D eigenvalue weighted by Gasteiger charge is 2.25. The molecule has 1 heterocycles. The Bertz CT molecular complexity index is 143. The molecule has 1 fully saturated rings. The molecule has 13 heavy (non-hydrogen) atoms. The molecular weight excluding hydrogens is 230 g/mol. The SMILES string of the molecule is COCC(C)N1CCC(CCBr)C1. The van der Waals surface area contributed by atoms with E-state index in [2.05, 4.69) is 27.8 Å². The molecule has 1 aliphatic heterocycles. The average Bonchev–Trinajstić information content (AvgIpc) is 2.54. The Hall–Kier alpha value is 0.400. The first-order chi connectivity index (χ1) is 6.27. The molecular formula is C10H20BrNO. The van der Waals surface area contributed by atoms with Crippen LogP contribution in [0.2, 0.25) is 0 Å². The summed E-state index contributed by atoms with van der Waals surface area (Å²) in [5.74, 6) is 0.902. The third-order valence-electron chi connectivity index (χ3n) is 2.87. The first-order valence-corrected chi connectivity index (χ1v) is 6.19. The molecule has 78 valence electrons. The third kappa shape index (κ3) is 3.56. The predicted octanol–water partition coefficient (Wildman–Crippen LogP) is 2.13.